The van der Waals surface area contributed by atoms with Crippen LogP contribution in [0.15, 0.2) is 18.2 Å². The molecule has 0 saturated carbocycles. The molecule has 0 aliphatic rings. The number of nitrogens with two attached hydrogens (primary N) is 2. The third-order valence-electron chi connectivity index (χ3n) is 2.02. The first kappa shape index (κ1) is 11.8. The molecule has 1 aromatic carbocycles. The molecule has 1 rings (SSSR count). The second-order valence-electron chi connectivity index (χ2n) is 3.29. The molecule has 0 spiro atoms. The molecule has 0 saturated heterocycles. The quantitative estimate of drug-likeness (QED) is 0.837. The van der Waals surface area contributed by atoms with Crippen molar-refractivity contribution < 1.29 is 0 Å². The van der Waals surface area contributed by atoms with Crippen LogP contribution in [0, 0.1) is 0 Å². The maximum atomic E-state index is 5.88. The molecule has 1 atom stereocenters. The lowest BCUT2D eigenvalue weighted by Gasteiger charge is -2.10. The minimum absolute atomic E-state index is 0.0947. The lowest BCUT2D eigenvalue weighted by Crippen LogP contribution is -2.25. The van der Waals surface area contributed by atoms with Crippen molar-refractivity contribution in [3.63, 3.8) is 0 Å². The van der Waals surface area contributed by atoms with Gasteiger partial charge in [0, 0.05) is 6.04 Å². The van der Waals surface area contributed by atoms with E-state index >= 15 is 0 Å². The van der Waals surface area contributed by atoms with Crippen molar-refractivity contribution >= 4 is 23.2 Å². The molecule has 4 N–H and O–H groups in total. The van der Waals surface area contributed by atoms with E-state index in [1.807, 2.05) is 12.1 Å². The van der Waals surface area contributed by atoms with Gasteiger partial charge in [-0.3, -0.25) is 0 Å². The Balaban J connectivity index is 2.63. The summed E-state index contributed by atoms with van der Waals surface area (Å²) in [6, 6.07) is 5.66. The summed E-state index contributed by atoms with van der Waals surface area (Å²) >= 11 is 11.7. The van der Waals surface area contributed by atoms with Gasteiger partial charge < -0.3 is 11.5 Å². The van der Waals surface area contributed by atoms with Crippen molar-refractivity contribution in [3.8, 4) is 0 Å². The zero-order valence-corrected chi connectivity index (χ0v) is 9.35. The molecular formula is C10H14Cl2N2. The molecule has 0 aromatic heterocycles. The Bertz CT molecular complexity index is 302. The highest BCUT2D eigenvalue weighted by atomic mass is 35.5. The first-order chi connectivity index (χ1) is 6.63. The molecule has 14 heavy (non-hydrogen) atoms. The molecule has 1 unspecified atom stereocenters. The molecular weight excluding hydrogens is 219 g/mol. The first-order valence-electron chi connectivity index (χ1n) is 4.53. The largest absolute Gasteiger partial charge is 0.330 e. The number of hydrogen-bond acceptors (Lipinski definition) is 2. The van der Waals surface area contributed by atoms with Gasteiger partial charge in [0.25, 0.3) is 0 Å². The van der Waals surface area contributed by atoms with Crippen molar-refractivity contribution in [2.45, 2.75) is 18.9 Å². The summed E-state index contributed by atoms with van der Waals surface area (Å²) in [5, 5.41) is 1.15. The standard InChI is InChI=1S/C10H14Cl2N2/c11-9-2-1-7(6-10(9)12)5-8(14)3-4-13/h1-2,6,8H,3-5,13-14H2. The summed E-state index contributed by atoms with van der Waals surface area (Å²) < 4.78 is 0. The smallest absolute Gasteiger partial charge is 0.0595 e. The summed E-state index contributed by atoms with van der Waals surface area (Å²) in [4.78, 5) is 0. The SMILES string of the molecule is NCCC(N)Cc1ccc(Cl)c(Cl)c1. The van der Waals surface area contributed by atoms with Gasteiger partial charge in [0.15, 0.2) is 0 Å². The number of benzene rings is 1. The zero-order valence-electron chi connectivity index (χ0n) is 7.84. The minimum Gasteiger partial charge on any atom is -0.330 e. The fraction of sp³-hybridized carbons (Fsp3) is 0.400. The molecule has 2 nitrogen and oxygen atoms in total. The Kier molecular flexibility index (Phi) is 4.69. The van der Waals surface area contributed by atoms with Gasteiger partial charge in [-0.25, -0.2) is 0 Å². The van der Waals surface area contributed by atoms with Crippen LogP contribution in [0.2, 0.25) is 10.0 Å². The number of halogens is 2. The second-order valence-corrected chi connectivity index (χ2v) is 4.10. The molecule has 1 aromatic rings. The van der Waals surface area contributed by atoms with E-state index in [4.69, 9.17) is 34.7 Å². The molecule has 0 fully saturated rings. The molecule has 0 aliphatic carbocycles. The van der Waals surface area contributed by atoms with E-state index in [-0.39, 0.29) is 6.04 Å². The van der Waals surface area contributed by atoms with E-state index in [2.05, 4.69) is 0 Å². The van der Waals surface area contributed by atoms with Crippen molar-refractivity contribution in [1.82, 2.24) is 0 Å². The number of rotatable bonds is 4. The summed E-state index contributed by atoms with van der Waals surface area (Å²) in [5.74, 6) is 0. The van der Waals surface area contributed by atoms with Gasteiger partial charge in [0.2, 0.25) is 0 Å². The molecule has 78 valence electrons. The predicted molar refractivity (Wildman–Crippen MR) is 61.8 cm³/mol. The van der Waals surface area contributed by atoms with E-state index in [0.29, 0.717) is 16.6 Å². The Morgan fingerprint density at radius 1 is 1.21 bits per heavy atom. The highest BCUT2D eigenvalue weighted by Crippen LogP contribution is 2.23. The fourth-order valence-corrected chi connectivity index (χ4v) is 1.61. The van der Waals surface area contributed by atoms with Crippen LogP contribution in [0.3, 0.4) is 0 Å². The van der Waals surface area contributed by atoms with Gasteiger partial charge >= 0.3 is 0 Å². The van der Waals surface area contributed by atoms with Gasteiger partial charge in [-0.15, -0.1) is 0 Å². The Labute approximate surface area is 94.2 Å². The van der Waals surface area contributed by atoms with Gasteiger partial charge in [-0.1, -0.05) is 29.3 Å². The Morgan fingerprint density at radius 2 is 1.93 bits per heavy atom. The molecule has 0 radical (unpaired) electrons. The van der Waals surface area contributed by atoms with Crippen molar-refractivity contribution in [1.29, 1.82) is 0 Å². The van der Waals surface area contributed by atoms with Crippen molar-refractivity contribution in [2.24, 2.45) is 11.5 Å². The van der Waals surface area contributed by atoms with Gasteiger partial charge in [0.1, 0.15) is 0 Å². The Morgan fingerprint density at radius 3 is 2.50 bits per heavy atom. The monoisotopic (exact) mass is 232 g/mol. The Hall–Kier alpha value is -0.280. The summed E-state index contributed by atoms with van der Waals surface area (Å²) in [6.07, 6.45) is 1.61. The van der Waals surface area contributed by atoms with Crippen LogP contribution in [0.25, 0.3) is 0 Å². The molecule has 0 bridgehead atoms. The molecule has 0 amide bonds. The average molecular weight is 233 g/mol. The zero-order chi connectivity index (χ0) is 10.6. The normalized spacial score (nSPS) is 12.9. The van der Waals surface area contributed by atoms with Crippen LogP contribution >= 0.6 is 23.2 Å². The van der Waals surface area contributed by atoms with Crippen LogP contribution in [0.4, 0.5) is 0 Å². The molecule has 4 heteroatoms. The van der Waals surface area contributed by atoms with Gasteiger partial charge in [-0.05, 0) is 37.1 Å². The maximum absolute atomic E-state index is 5.88. The summed E-state index contributed by atoms with van der Waals surface area (Å²) in [6.45, 7) is 0.614. The molecule has 0 heterocycles. The summed E-state index contributed by atoms with van der Waals surface area (Å²) in [7, 11) is 0. The van der Waals surface area contributed by atoms with Crippen LogP contribution in [-0.2, 0) is 6.42 Å². The highest BCUT2D eigenvalue weighted by Gasteiger charge is 2.04. The number of hydrogen-bond donors (Lipinski definition) is 2. The van der Waals surface area contributed by atoms with E-state index < -0.39 is 0 Å². The van der Waals surface area contributed by atoms with E-state index in [1.54, 1.807) is 6.07 Å². The second kappa shape index (κ2) is 5.56. The fourth-order valence-electron chi connectivity index (χ4n) is 1.29. The van der Waals surface area contributed by atoms with E-state index in [0.717, 1.165) is 18.4 Å². The average Bonchev–Trinajstić information content (AvgIpc) is 2.12. The van der Waals surface area contributed by atoms with Crippen LogP contribution in [-0.4, -0.2) is 12.6 Å². The molecule has 0 aliphatic heterocycles. The third-order valence-corrected chi connectivity index (χ3v) is 2.76. The van der Waals surface area contributed by atoms with E-state index in [1.165, 1.54) is 0 Å². The predicted octanol–water partition coefficient (Wildman–Crippen LogP) is 2.21. The van der Waals surface area contributed by atoms with Gasteiger partial charge in [-0.2, -0.15) is 0 Å². The van der Waals surface area contributed by atoms with Crippen molar-refractivity contribution in [3.05, 3.63) is 33.8 Å². The summed E-state index contributed by atoms with van der Waals surface area (Å²) in [5.41, 5.74) is 12.4. The topological polar surface area (TPSA) is 52.0 Å². The van der Waals surface area contributed by atoms with Crippen molar-refractivity contribution in [2.75, 3.05) is 6.54 Å². The first-order valence-corrected chi connectivity index (χ1v) is 5.28. The van der Waals surface area contributed by atoms with Crippen LogP contribution in [0.5, 0.6) is 0 Å². The maximum Gasteiger partial charge on any atom is 0.0595 e. The lowest BCUT2D eigenvalue weighted by molar-refractivity contribution is 0.619. The lowest BCUT2D eigenvalue weighted by atomic mass is 10.0. The van der Waals surface area contributed by atoms with Crippen LogP contribution in [0.1, 0.15) is 12.0 Å². The third kappa shape index (κ3) is 3.46. The van der Waals surface area contributed by atoms with Gasteiger partial charge in [0.05, 0.1) is 10.0 Å². The van der Waals surface area contributed by atoms with E-state index in [9.17, 15) is 0 Å². The van der Waals surface area contributed by atoms with Crippen LogP contribution < -0.4 is 11.5 Å². The highest BCUT2D eigenvalue weighted by molar-refractivity contribution is 6.42. The minimum atomic E-state index is 0.0947.